The number of carbonyl (C=O) groups is 3. The van der Waals surface area contributed by atoms with Crippen LogP contribution >= 0.6 is 0 Å². The van der Waals surface area contributed by atoms with Crippen LogP contribution < -0.4 is 5.32 Å². The van der Waals surface area contributed by atoms with Gasteiger partial charge in [-0.05, 0) is 30.2 Å². The van der Waals surface area contributed by atoms with Gasteiger partial charge < -0.3 is 14.8 Å². The van der Waals surface area contributed by atoms with Gasteiger partial charge >= 0.3 is 18.1 Å². The fourth-order valence-corrected chi connectivity index (χ4v) is 3.94. The second-order valence-electron chi connectivity index (χ2n) is 7.37. The summed E-state index contributed by atoms with van der Waals surface area (Å²) in [5.41, 5.74) is -0.798. The molecule has 1 aromatic rings. The number of halogens is 3. The molecule has 1 fully saturated rings. The molecule has 6 nitrogen and oxygen atoms in total. The maximum atomic E-state index is 12.7. The van der Waals surface area contributed by atoms with Gasteiger partial charge in [0.05, 0.1) is 19.8 Å². The zero-order chi connectivity index (χ0) is 22.3. The smallest absolute Gasteiger partial charge is 0.416 e. The molecule has 1 saturated carbocycles. The van der Waals surface area contributed by atoms with Crippen molar-refractivity contribution in [3.05, 3.63) is 35.4 Å². The Kier molecular flexibility index (Phi) is 8.25. The average Bonchev–Trinajstić information content (AvgIpc) is 2.75. The van der Waals surface area contributed by atoms with Crippen LogP contribution in [0.4, 0.5) is 13.2 Å². The van der Waals surface area contributed by atoms with Crippen LogP contribution in [0, 0.1) is 17.8 Å². The SMILES string of the molecule is COC(=O)C(C(=O)OC)[C@H](CNC(=O)c1ccc(C(F)(F)F)cc1)C1CCCCC1. The summed E-state index contributed by atoms with van der Waals surface area (Å²) in [5.74, 6) is -3.77. The highest BCUT2D eigenvalue weighted by Gasteiger charge is 2.41. The van der Waals surface area contributed by atoms with E-state index in [-0.39, 0.29) is 18.0 Å². The monoisotopic (exact) mass is 429 g/mol. The van der Waals surface area contributed by atoms with Crippen molar-refractivity contribution in [1.82, 2.24) is 5.32 Å². The summed E-state index contributed by atoms with van der Waals surface area (Å²) in [6.07, 6.45) is 0.0559. The summed E-state index contributed by atoms with van der Waals surface area (Å²) < 4.78 is 47.7. The van der Waals surface area contributed by atoms with E-state index in [1.165, 1.54) is 14.2 Å². The lowest BCUT2D eigenvalue weighted by molar-refractivity contribution is -0.163. The Morgan fingerprint density at radius 3 is 2.00 bits per heavy atom. The predicted molar refractivity (Wildman–Crippen MR) is 101 cm³/mol. The number of nitrogens with one attached hydrogen (secondary N) is 1. The Balaban J connectivity index is 2.17. The van der Waals surface area contributed by atoms with E-state index < -0.39 is 41.4 Å². The highest BCUT2D eigenvalue weighted by Crippen LogP contribution is 2.35. The van der Waals surface area contributed by atoms with E-state index in [2.05, 4.69) is 5.32 Å². The molecule has 1 N–H and O–H groups in total. The molecule has 1 aliphatic rings. The van der Waals surface area contributed by atoms with Crippen molar-refractivity contribution in [3.63, 3.8) is 0 Å². The molecule has 1 aliphatic carbocycles. The molecular weight excluding hydrogens is 403 g/mol. The van der Waals surface area contributed by atoms with Crippen LogP contribution in [0.5, 0.6) is 0 Å². The van der Waals surface area contributed by atoms with Crippen LogP contribution in [0.3, 0.4) is 0 Å². The molecule has 0 aliphatic heterocycles. The minimum absolute atomic E-state index is 0.000606. The van der Waals surface area contributed by atoms with Crippen molar-refractivity contribution in [2.45, 2.75) is 38.3 Å². The summed E-state index contributed by atoms with van der Waals surface area (Å²) in [7, 11) is 2.36. The van der Waals surface area contributed by atoms with Gasteiger partial charge in [-0.1, -0.05) is 32.1 Å². The lowest BCUT2D eigenvalue weighted by Gasteiger charge is -2.33. The molecule has 166 valence electrons. The molecule has 0 unspecified atom stereocenters. The summed E-state index contributed by atoms with van der Waals surface area (Å²) in [6, 6.07) is 3.84. The maximum Gasteiger partial charge on any atom is 0.416 e. The maximum absolute atomic E-state index is 12.7. The third-order valence-electron chi connectivity index (χ3n) is 5.57. The van der Waals surface area contributed by atoms with Crippen molar-refractivity contribution in [1.29, 1.82) is 0 Å². The first-order valence-corrected chi connectivity index (χ1v) is 9.80. The molecule has 0 spiro atoms. The van der Waals surface area contributed by atoms with Gasteiger partial charge in [0.15, 0.2) is 5.92 Å². The number of ether oxygens (including phenoxy) is 2. The number of hydrogen-bond acceptors (Lipinski definition) is 5. The summed E-state index contributed by atoms with van der Waals surface area (Å²) in [5, 5.41) is 2.66. The van der Waals surface area contributed by atoms with Crippen molar-refractivity contribution in [2.75, 3.05) is 20.8 Å². The predicted octanol–water partition coefficient (Wildman–Crippen LogP) is 3.59. The van der Waals surface area contributed by atoms with E-state index in [1.807, 2.05) is 0 Å². The van der Waals surface area contributed by atoms with Crippen LogP contribution in [-0.4, -0.2) is 38.6 Å². The number of carbonyl (C=O) groups excluding carboxylic acids is 3. The third-order valence-corrected chi connectivity index (χ3v) is 5.57. The second kappa shape index (κ2) is 10.4. The van der Waals surface area contributed by atoms with Crippen LogP contribution in [0.2, 0.25) is 0 Å². The lowest BCUT2D eigenvalue weighted by atomic mass is 9.73. The first-order valence-electron chi connectivity index (χ1n) is 9.80. The molecular formula is C21H26F3NO5. The molecule has 1 atom stereocenters. The Hall–Kier alpha value is -2.58. The van der Waals surface area contributed by atoms with Crippen molar-refractivity contribution in [3.8, 4) is 0 Å². The fourth-order valence-electron chi connectivity index (χ4n) is 3.94. The van der Waals surface area contributed by atoms with Gasteiger partial charge in [0.2, 0.25) is 0 Å². The van der Waals surface area contributed by atoms with Gasteiger partial charge in [-0.3, -0.25) is 14.4 Å². The minimum Gasteiger partial charge on any atom is -0.468 e. The Morgan fingerprint density at radius 2 is 1.53 bits per heavy atom. The molecule has 30 heavy (non-hydrogen) atoms. The third kappa shape index (κ3) is 5.96. The molecule has 0 saturated heterocycles. The minimum atomic E-state index is -4.49. The quantitative estimate of drug-likeness (QED) is 0.529. The fraction of sp³-hybridized carbons (Fsp3) is 0.571. The number of rotatable bonds is 7. The number of methoxy groups -OCH3 is 2. The van der Waals surface area contributed by atoms with Gasteiger partial charge in [0.25, 0.3) is 5.91 Å². The molecule has 1 amide bonds. The summed E-state index contributed by atoms with van der Waals surface area (Å²) in [4.78, 5) is 37.1. The van der Waals surface area contributed by atoms with Gasteiger partial charge in [-0.25, -0.2) is 0 Å². The normalized spacial score (nSPS) is 16.1. The lowest BCUT2D eigenvalue weighted by Crippen LogP contribution is -2.44. The topological polar surface area (TPSA) is 81.7 Å². The molecule has 0 heterocycles. The van der Waals surface area contributed by atoms with E-state index in [0.29, 0.717) is 0 Å². The van der Waals surface area contributed by atoms with E-state index in [9.17, 15) is 27.6 Å². The van der Waals surface area contributed by atoms with E-state index in [4.69, 9.17) is 9.47 Å². The largest absolute Gasteiger partial charge is 0.468 e. The van der Waals surface area contributed by atoms with E-state index >= 15 is 0 Å². The number of benzene rings is 1. The molecule has 0 bridgehead atoms. The zero-order valence-corrected chi connectivity index (χ0v) is 17.0. The van der Waals surface area contributed by atoms with Crippen molar-refractivity contribution in [2.24, 2.45) is 17.8 Å². The Labute approximate surface area is 173 Å². The highest BCUT2D eigenvalue weighted by molar-refractivity contribution is 5.96. The first kappa shape index (κ1) is 23.7. The zero-order valence-electron chi connectivity index (χ0n) is 17.0. The van der Waals surface area contributed by atoms with Crippen LogP contribution in [0.1, 0.15) is 48.0 Å². The van der Waals surface area contributed by atoms with Gasteiger partial charge in [-0.2, -0.15) is 13.2 Å². The number of alkyl halides is 3. The van der Waals surface area contributed by atoms with Gasteiger partial charge in [0, 0.05) is 18.0 Å². The van der Waals surface area contributed by atoms with Crippen LogP contribution in [0.25, 0.3) is 0 Å². The number of hydrogen-bond donors (Lipinski definition) is 1. The molecule has 2 rings (SSSR count). The van der Waals surface area contributed by atoms with Gasteiger partial charge in [-0.15, -0.1) is 0 Å². The Morgan fingerprint density at radius 1 is 1.00 bits per heavy atom. The molecule has 9 heteroatoms. The Bertz CT molecular complexity index is 726. The van der Waals surface area contributed by atoms with Crippen molar-refractivity contribution >= 4 is 17.8 Å². The molecule has 0 radical (unpaired) electrons. The van der Waals surface area contributed by atoms with Crippen LogP contribution in [-0.2, 0) is 25.2 Å². The van der Waals surface area contributed by atoms with E-state index in [0.717, 1.165) is 56.4 Å². The standard InChI is InChI=1S/C21H26F3NO5/c1-29-19(27)17(20(28)30-2)16(13-6-4-3-5-7-13)12-25-18(26)14-8-10-15(11-9-14)21(22,23)24/h8-11,13,16-17H,3-7,12H2,1-2H3,(H,25,26)/t16-/m1/s1. The second-order valence-corrected chi connectivity index (χ2v) is 7.37. The first-order chi connectivity index (χ1) is 14.2. The molecule has 1 aromatic carbocycles. The average molecular weight is 429 g/mol. The van der Waals surface area contributed by atoms with E-state index in [1.54, 1.807) is 0 Å². The number of amides is 1. The van der Waals surface area contributed by atoms with Crippen molar-refractivity contribution < 1.29 is 37.0 Å². The molecule has 0 aromatic heterocycles. The highest BCUT2D eigenvalue weighted by atomic mass is 19.4. The summed E-state index contributed by atoms with van der Waals surface area (Å²) >= 11 is 0. The van der Waals surface area contributed by atoms with Gasteiger partial charge in [0.1, 0.15) is 0 Å². The summed E-state index contributed by atoms with van der Waals surface area (Å²) in [6.45, 7) is -0.000606. The van der Waals surface area contributed by atoms with Crippen LogP contribution in [0.15, 0.2) is 24.3 Å². The number of esters is 2.